The normalized spacial score (nSPS) is 29.9. The maximum absolute atomic E-state index is 14.6. The van der Waals surface area contributed by atoms with Crippen molar-refractivity contribution in [2.75, 3.05) is 20.7 Å². The number of aromatic nitrogens is 3. The quantitative estimate of drug-likeness (QED) is 0.178. The van der Waals surface area contributed by atoms with Crippen LogP contribution >= 0.6 is 11.6 Å². The Bertz CT molecular complexity index is 2080. The van der Waals surface area contributed by atoms with Gasteiger partial charge in [0, 0.05) is 18.4 Å². The highest BCUT2D eigenvalue weighted by molar-refractivity contribution is 6.31. The third-order valence-electron chi connectivity index (χ3n) is 16.1. The molecule has 60 heavy (non-hydrogen) atoms. The van der Waals surface area contributed by atoms with E-state index in [1.54, 1.807) is 44.0 Å². The fourth-order valence-corrected chi connectivity index (χ4v) is 13.0. The van der Waals surface area contributed by atoms with Gasteiger partial charge in [0.05, 0.1) is 37.4 Å². The number of ether oxygens (including phenoxy) is 2. The van der Waals surface area contributed by atoms with Crippen LogP contribution in [0.4, 0.5) is 0 Å². The molecule has 6 rings (SSSR count). The van der Waals surface area contributed by atoms with Crippen LogP contribution in [0.25, 0.3) is 5.82 Å². The molecule has 0 spiro atoms. The molecule has 4 aliphatic carbocycles. The van der Waals surface area contributed by atoms with Crippen molar-refractivity contribution in [2.24, 2.45) is 44.8 Å². The van der Waals surface area contributed by atoms with E-state index in [4.69, 9.17) is 21.1 Å². The van der Waals surface area contributed by atoms with Crippen LogP contribution in [0.2, 0.25) is 5.02 Å². The number of aliphatic carboxylic acids is 1. The number of fused-ring (bicyclic) bond motifs is 5. The number of pyridine rings is 1. The standard InChI is InChI=1S/C48H71ClN4O7/c1-29(2)37-32(54)26-48(40-39(49)41(56)53(52(40)25-24-50-11)35-17-14-30(59-12)28-51-35)23-22-46(9)31(38(37)48)15-16-33-45(8,19-13-20-47(33,46)10)21-18-34(43(3,4)5)60-36(55)27-44(6,7)42(57)58/h14,17,28-29,31,33-34,50H,13,15-16,18-27H2,1-12H3,(H,57,58)/t31-,33-,34+,45-,46-,47-,48-/m1/s1. The van der Waals surface area contributed by atoms with Gasteiger partial charge in [0.15, 0.2) is 11.6 Å². The van der Waals surface area contributed by atoms with Crippen molar-refractivity contribution in [3.05, 3.63) is 50.5 Å². The highest BCUT2D eigenvalue weighted by Crippen LogP contribution is 2.74. The third-order valence-corrected chi connectivity index (χ3v) is 16.4. The second-order valence-corrected chi connectivity index (χ2v) is 21.9. The molecule has 0 aromatic carbocycles. The number of methoxy groups -OCH3 is 1. The fourth-order valence-electron chi connectivity index (χ4n) is 12.7. The molecule has 3 fully saturated rings. The lowest BCUT2D eigenvalue weighted by Gasteiger charge is -2.68. The number of nitrogens with one attached hydrogen (secondary N) is 1. The van der Waals surface area contributed by atoms with Crippen molar-refractivity contribution < 1.29 is 29.0 Å². The van der Waals surface area contributed by atoms with Gasteiger partial charge in [0.1, 0.15) is 16.9 Å². The molecule has 0 saturated heterocycles. The van der Waals surface area contributed by atoms with Crippen LogP contribution in [0.1, 0.15) is 146 Å². The highest BCUT2D eigenvalue weighted by atomic mass is 35.5. The Morgan fingerprint density at radius 3 is 2.32 bits per heavy atom. The number of likely N-dealkylation sites (N-methyl/N-ethyl adjacent to an activating group) is 1. The van der Waals surface area contributed by atoms with Crippen LogP contribution in [-0.2, 0) is 31.1 Å². The van der Waals surface area contributed by atoms with E-state index in [-0.39, 0.29) is 62.4 Å². The number of nitrogens with zero attached hydrogens (tertiary/aromatic N) is 3. The predicted octanol–water partition coefficient (Wildman–Crippen LogP) is 9.34. The molecule has 0 radical (unpaired) electrons. The van der Waals surface area contributed by atoms with E-state index in [0.717, 1.165) is 56.2 Å². The molecule has 7 atom stereocenters. The number of carboxylic acid groups (broad SMARTS) is 1. The lowest BCUT2D eigenvalue weighted by Crippen LogP contribution is -2.61. The van der Waals surface area contributed by atoms with Crippen molar-refractivity contribution in [3.63, 3.8) is 0 Å². The van der Waals surface area contributed by atoms with Crippen molar-refractivity contribution in [1.82, 2.24) is 19.7 Å². The molecule has 2 heterocycles. The number of hydrogen-bond acceptors (Lipinski definition) is 8. The molecule has 4 aliphatic rings. The minimum absolute atomic E-state index is 0.00790. The van der Waals surface area contributed by atoms with Gasteiger partial charge in [0.2, 0.25) is 0 Å². The molecule has 0 unspecified atom stereocenters. The van der Waals surface area contributed by atoms with E-state index in [1.165, 1.54) is 5.57 Å². The van der Waals surface area contributed by atoms with Crippen LogP contribution in [0.15, 0.2) is 34.3 Å². The van der Waals surface area contributed by atoms with E-state index < -0.39 is 22.8 Å². The van der Waals surface area contributed by atoms with Gasteiger partial charge in [-0.1, -0.05) is 73.4 Å². The second kappa shape index (κ2) is 16.4. The van der Waals surface area contributed by atoms with Crippen LogP contribution in [0.5, 0.6) is 5.75 Å². The van der Waals surface area contributed by atoms with Crippen molar-refractivity contribution in [2.45, 2.75) is 158 Å². The molecule has 0 bridgehead atoms. The van der Waals surface area contributed by atoms with Gasteiger partial charge in [-0.15, -0.1) is 0 Å². The fraction of sp³-hybridized carbons (Fsp3) is 0.729. The largest absolute Gasteiger partial charge is 0.495 e. The number of carbonyl (C=O) groups excluding carboxylic acids is 2. The third kappa shape index (κ3) is 7.59. The number of halogens is 1. The molecule has 0 aliphatic heterocycles. The van der Waals surface area contributed by atoms with Crippen LogP contribution < -0.4 is 15.6 Å². The summed E-state index contributed by atoms with van der Waals surface area (Å²) >= 11 is 7.31. The summed E-state index contributed by atoms with van der Waals surface area (Å²) in [5.41, 5.74) is 0.124. The average molecular weight is 852 g/mol. The van der Waals surface area contributed by atoms with E-state index >= 15 is 0 Å². The Balaban J connectivity index is 1.39. The molecule has 2 N–H and O–H groups in total. The molecule has 2 aromatic rings. The number of carboxylic acids is 1. The van der Waals surface area contributed by atoms with Gasteiger partial charge in [0.25, 0.3) is 5.56 Å². The highest BCUT2D eigenvalue weighted by Gasteiger charge is 2.68. The number of esters is 1. The predicted molar refractivity (Wildman–Crippen MR) is 235 cm³/mol. The number of ketones is 1. The van der Waals surface area contributed by atoms with Gasteiger partial charge in [-0.25, -0.2) is 4.98 Å². The molecule has 0 amide bonds. The summed E-state index contributed by atoms with van der Waals surface area (Å²) in [6.07, 6.45) is 9.81. The van der Waals surface area contributed by atoms with E-state index in [1.807, 2.05) is 11.7 Å². The first-order chi connectivity index (χ1) is 27.9. The zero-order chi connectivity index (χ0) is 44.4. The Kier molecular flexibility index (Phi) is 12.6. The van der Waals surface area contributed by atoms with Crippen molar-refractivity contribution >= 4 is 29.3 Å². The second-order valence-electron chi connectivity index (χ2n) is 21.5. The minimum Gasteiger partial charge on any atom is -0.495 e. The molecule has 332 valence electrons. The molecule has 2 aromatic heterocycles. The summed E-state index contributed by atoms with van der Waals surface area (Å²) in [5, 5.41) is 13.1. The van der Waals surface area contributed by atoms with Crippen LogP contribution in [-0.4, -0.2) is 64.0 Å². The zero-order valence-corrected chi connectivity index (χ0v) is 39.1. The first-order valence-corrected chi connectivity index (χ1v) is 22.7. The average Bonchev–Trinajstić information content (AvgIpc) is 3.61. The summed E-state index contributed by atoms with van der Waals surface area (Å²) in [7, 11) is 3.47. The molecular weight excluding hydrogens is 780 g/mol. The molecule has 11 nitrogen and oxygen atoms in total. The summed E-state index contributed by atoms with van der Waals surface area (Å²) in [6.45, 7) is 22.2. The zero-order valence-electron chi connectivity index (χ0n) is 38.4. The van der Waals surface area contributed by atoms with Crippen molar-refractivity contribution in [3.8, 4) is 11.6 Å². The van der Waals surface area contributed by atoms with Gasteiger partial charge >= 0.3 is 11.9 Å². The lowest BCUT2D eigenvalue weighted by atomic mass is 9.36. The number of hydrogen-bond donors (Lipinski definition) is 2. The smallest absolute Gasteiger partial charge is 0.309 e. The van der Waals surface area contributed by atoms with Crippen molar-refractivity contribution in [1.29, 1.82) is 0 Å². The number of rotatable bonds is 14. The number of carbonyl (C=O) groups is 3. The van der Waals surface area contributed by atoms with E-state index in [0.29, 0.717) is 49.8 Å². The minimum atomic E-state index is -1.20. The van der Waals surface area contributed by atoms with E-state index in [2.05, 4.69) is 65.7 Å². The summed E-state index contributed by atoms with van der Waals surface area (Å²) in [4.78, 5) is 58.6. The van der Waals surface area contributed by atoms with Gasteiger partial charge < -0.3 is 19.9 Å². The maximum Gasteiger partial charge on any atom is 0.309 e. The Hall–Kier alpha value is -3.44. The molecule has 12 heteroatoms. The molecular formula is C48H71ClN4O7. The first kappa shape index (κ1) is 46.1. The van der Waals surface area contributed by atoms with Crippen LogP contribution in [0.3, 0.4) is 0 Å². The summed E-state index contributed by atoms with van der Waals surface area (Å²) in [5.74, 6) is 0.272. The SMILES string of the molecule is CNCCn1c([C@@]23CC[C@]4(C)[C@H](CC[C@@H]5[C@@](C)(CC[C@H](OC(=O)CC(C)(C)C(=O)O)C(C)(C)C)CCC[C@]54C)C2=C(C(C)C)C(=O)C3)c(Cl)c(=O)n1-c1ccc(OC)cn1. The van der Waals surface area contributed by atoms with Gasteiger partial charge in [-0.3, -0.25) is 23.9 Å². The lowest BCUT2D eigenvalue weighted by molar-refractivity contribution is -0.172. The Morgan fingerprint density at radius 1 is 1.03 bits per heavy atom. The number of allylic oxidation sites excluding steroid dienone is 2. The topological polar surface area (TPSA) is 142 Å². The summed E-state index contributed by atoms with van der Waals surface area (Å²) < 4.78 is 15.1. The molecule has 3 saturated carbocycles. The first-order valence-electron chi connectivity index (χ1n) is 22.3. The number of Topliss-reactive ketones (excluding diaryl/α,β-unsaturated/α-hetero) is 1. The Labute approximate surface area is 362 Å². The summed E-state index contributed by atoms with van der Waals surface area (Å²) in [6, 6.07) is 3.57. The maximum atomic E-state index is 14.6. The van der Waals surface area contributed by atoms with E-state index in [9.17, 15) is 24.3 Å². The van der Waals surface area contributed by atoms with Gasteiger partial charge in [-0.05, 0) is 135 Å². The Morgan fingerprint density at radius 2 is 1.73 bits per heavy atom. The van der Waals surface area contributed by atoms with Gasteiger partial charge in [-0.2, -0.15) is 4.68 Å². The van der Waals surface area contributed by atoms with Crippen LogP contribution in [0, 0.1) is 44.8 Å². The monoisotopic (exact) mass is 851 g/mol.